The first-order valence-corrected chi connectivity index (χ1v) is 45.5. The Bertz CT molecular complexity index is 3220. The van der Waals surface area contributed by atoms with E-state index >= 15 is 0 Å². The minimum absolute atomic E-state index is 0.0120. The summed E-state index contributed by atoms with van der Waals surface area (Å²) in [5.74, 6) is -7.61. The Morgan fingerprint density at radius 1 is 0.482 bits per heavy atom. The number of hydrogen-bond donors (Lipinski definition) is 10. The zero-order valence-corrected chi connectivity index (χ0v) is 72.8. The number of phenols is 1. The number of carboxylic acids is 3. The van der Waals surface area contributed by atoms with Crippen LogP contribution in [-0.4, -0.2) is 256 Å². The summed E-state index contributed by atoms with van der Waals surface area (Å²) in [4.78, 5) is 187. The van der Waals surface area contributed by atoms with Crippen LogP contribution in [0.2, 0.25) is 0 Å². The van der Waals surface area contributed by atoms with Gasteiger partial charge in [-0.1, -0.05) is 106 Å². The number of phenolic OH excluding ortho intramolecular Hbond substituents is 1. The van der Waals surface area contributed by atoms with E-state index in [2.05, 4.69) is 80.4 Å². The maximum absolute atomic E-state index is 14.3. The second-order valence-electron chi connectivity index (χ2n) is 34.2. The van der Waals surface area contributed by atoms with Gasteiger partial charge in [-0.05, 0) is 144 Å². The molecule has 32 heteroatoms. The molecule has 6 unspecified atom stereocenters. The predicted molar refractivity (Wildman–Crippen MR) is 428 cm³/mol. The SMILES string of the molecule is CCC(CC(C)(C)CCCC(CC(C)(C)CCCC(CC(C)(C)C)C(=O)NCCCNC(=O)CN1CCN2CCN3CCN(CC1)CC(=O)[O][111In]([O]C(=O)C2)[O]C(=O)C3)C(=O)NCc1ccc(O)cc1)C(=O)CCCCCC(CC(=O)CCCCCCC(=O)NCCCC[C@H](NC(=O)N[C@@H](CCC(=O)O)C(C)=O)C(=O)O)C(=O)O. The van der Waals surface area contributed by atoms with Gasteiger partial charge in [0, 0.05) is 69.5 Å². The van der Waals surface area contributed by atoms with Crippen LogP contribution in [0.4, 0.5) is 4.79 Å². The summed E-state index contributed by atoms with van der Waals surface area (Å²) in [6.07, 6.45) is 13.3. The molecule has 3 heterocycles. The van der Waals surface area contributed by atoms with Gasteiger partial charge in [0.25, 0.3) is 0 Å². The van der Waals surface area contributed by atoms with Gasteiger partial charge in [0.2, 0.25) is 17.7 Å². The van der Waals surface area contributed by atoms with Crippen LogP contribution in [-0.2, 0) is 77.4 Å². The van der Waals surface area contributed by atoms with Crippen LogP contribution in [0.25, 0.3) is 0 Å². The molecule has 3 aliphatic heterocycles. The smallest absolute Gasteiger partial charge is 0.326 e. The number of aromatic hydroxyl groups is 1. The largest absolute Gasteiger partial charge is 0.508 e. The third-order valence-electron chi connectivity index (χ3n) is 21.6. The van der Waals surface area contributed by atoms with E-state index in [0.717, 1.165) is 31.2 Å². The number of nitrogens with zero attached hydrogens (tertiary/aromatic N) is 4. The number of benzene rings is 1. The fourth-order valence-corrected chi connectivity index (χ4v) is 17.9. The molecule has 0 aliphatic carbocycles. The van der Waals surface area contributed by atoms with Crippen LogP contribution in [0.15, 0.2) is 24.3 Å². The number of carbonyl (C=O) groups excluding carboxylic acids is 11. The van der Waals surface area contributed by atoms with Crippen LogP contribution in [0.1, 0.15) is 248 Å². The van der Waals surface area contributed by atoms with Crippen molar-refractivity contribution in [2.75, 3.05) is 98.2 Å². The van der Waals surface area contributed by atoms with Gasteiger partial charge >= 0.3 is 215 Å². The fourth-order valence-electron chi connectivity index (χ4n) is 15.0. The Kier molecular flexibility index (Phi) is 45.5. The molecule has 8 atom stereocenters. The van der Waals surface area contributed by atoms with Crippen molar-refractivity contribution in [2.45, 2.75) is 261 Å². The minimum atomic E-state index is -4.27. The normalized spacial score (nSPS) is 18.2. The monoisotopic (exact) mass is 1710 g/mol. The van der Waals surface area contributed by atoms with Crippen LogP contribution < -0.4 is 31.9 Å². The van der Waals surface area contributed by atoms with Crippen LogP contribution in [0.5, 0.6) is 5.75 Å². The number of fused-ring (bicyclic) bond motifs is 7. The van der Waals surface area contributed by atoms with Gasteiger partial charge < -0.3 is 47.0 Å². The Labute approximate surface area is 683 Å². The summed E-state index contributed by atoms with van der Waals surface area (Å²) < 4.78 is 16.4. The first-order valence-electron chi connectivity index (χ1n) is 41.5. The summed E-state index contributed by atoms with van der Waals surface area (Å²) >= 11 is -4.27. The molecule has 0 aromatic heterocycles. The molecule has 31 nitrogen and oxygen atoms in total. The number of unbranched alkanes of at least 4 members (excludes halogenated alkanes) is 6. The summed E-state index contributed by atoms with van der Waals surface area (Å²) in [7, 11) is 0. The number of rotatable bonds is 53. The Morgan fingerprint density at radius 3 is 1.49 bits per heavy atom. The predicted octanol–water partition coefficient (Wildman–Crippen LogP) is 7.74. The molecule has 10 N–H and O–H groups in total. The average Bonchev–Trinajstić information content (AvgIpc) is 1.13. The number of amides is 6. The number of carboxylic acid groups (broad SMARTS) is 3. The number of hydrogen-bond acceptors (Lipinski definition) is 22. The molecule has 6 amide bonds. The van der Waals surface area contributed by atoms with Crippen molar-refractivity contribution >= 4 is 106 Å². The zero-order chi connectivity index (χ0) is 84.4. The quantitative estimate of drug-likeness (QED) is 0.0279. The molecule has 4 bridgehead atoms. The van der Waals surface area contributed by atoms with Crippen LogP contribution in [0, 0.1) is 39.9 Å². The molecular weight excluding hydrogens is 1570 g/mol. The molecule has 3 fully saturated rings. The van der Waals surface area contributed by atoms with Gasteiger partial charge in [-0.3, -0.25) is 38.4 Å². The minimum Gasteiger partial charge on any atom is -0.508 e. The van der Waals surface area contributed by atoms with E-state index in [0.29, 0.717) is 188 Å². The molecule has 0 saturated carbocycles. The maximum atomic E-state index is 14.3. The summed E-state index contributed by atoms with van der Waals surface area (Å²) in [6, 6.07) is 3.49. The van der Waals surface area contributed by atoms with Crippen molar-refractivity contribution in [2.24, 2.45) is 39.9 Å². The fraction of sp³-hybridized carbons (Fsp3) is 0.756. The number of ketones is 3. The molecule has 642 valence electrons. The molecule has 0 radical (unpaired) electrons. The van der Waals surface area contributed by atoms with E-state index in [1.165, 1.54) is 6.92 Å². The number of aliphatic carboxylic acids is 3. The zero-order valence-electron chi connectivity index (χ0n) is 69.5. The van der Waals surface area contributed by atoms with Gasteiger partial charge in [-0.2, -0.15) is 0 Å². The van der Waals surface area contributed by atoms with Crippen LogP contribution >= 0.6 is 0 Å². The number of nitrogens with one attached hydrogen (secondary N) is 6. The van der Waals surface area contributed by atoms with Crippen molar-refractivity contribution in [3.8, 4) is 5.75 Å². The van der Waals surface area contributed by atoms with Gasteiger partial charge in [0.1, 0.15) is 23.4 Å². The Morgan fingerprint density at radius 2 is 0.956 bits per heavy atom. The van der Waals surface area contributed by atoms with Crippen molar-refractivity contribution in [3.05, 3.63) is 29.8 Å². The molecular formula is C82H135InN10O21. The molecule has 1 aromatic carbocycles. The molecule has 1 aromatic rings. The Hall–Kier alpha value is -7.29. The first kappa shape index (κ1) is 99.1. The molecule has 4 rings (SSSR count). The number of Topliss-reactive ketones (excluding diaryl/α,β-unsaturated/α-hetero) is 3. The van der Waals surface area contributed by atoms with Gasteiger partial charge in [-0.15, -0.1) is 0 Å². The number of urea groups is 1. The third kappa shape index (κ3) is 43.6. The Balaban J connectivity index is 1.18. The summed E-state index contributed by atoms with van der Waals surface area (Å²) in [5, 5.41) is 55.1. The van der Waals surface area contributed by atoms with E-state index in [4.69, 9.17) is 13.7 Å². The van der Waals surface area contributed by atoms with Gasteiger partial charge in [0.05, 0.1) is 12.0 Å². The van der Waals surface area contributed by atoms with E-state index in [1.807, 2.05) is 26.5 Å². The topological polar surface area (TPSA) is 433 Å². The van der Waals surface area contributed by atoms with E-state index < -0.39 is 88.4 Å². The van der Waals surface area contributed by atoms with Crippen molar-refractivity contribution < 1.29 is 96.1 Å². The second kappa shape index (κ2) is 52.4. The van der Waals surface area contributed by atoms with E-state index in [-0.39, 0.29) is 146 Å². The summed E-state index contributed by atoms with van der Waals surface area (Å²) in [5.41, 5.74) is 0.232. The number of carbonyl (C=O) groups is 14. The summed E-state index contributed by atoms with van der Waals surface area (Å²) in [6.45, 7) is 23.2. The standard InChI is InChI=1S/C82H138N10O21.In/c1-10-60(68(96)28-16-13-14-23-61(77(109)110)49-65(95)26-15-11-12-17-29-69(97)83-38-19-18-27-67(78(111)112)88-79(113)87-66(58(2)93)34-35-71(99)100)51-81(6,7)36-21-25-63(76(108)86-53-59-30-32-64(94)33-31-59)52-82(8,9)37-20-24-62(50-80(3,4)5)75(107)85-40-22-39-84-70(98)54-89-41-43-90(55-72(101)102)45-47-92(57-74(105)106)48-46-91(44-42-89)56-73(103)104;/h30-33,60-63,66-67,94H,10-29,34-57H2,1-9H3,(H,83,97)(H,84,98)(H,85,107)(H,86,108)(H,99,100)(H,101,102)(H,103,104)(H,105,106)(H,109,110)(H,111,112)(H2,87,88,113);/q;+3/p-3/t60?,61?,62?,63?,66-,67-;/m0./s1/i;1-4. The second-order valence-corrected chi connectivity index (χ2v) is 37.9. The van der Waals surface area contributed by atoms with E-state index in [1.54, 1.807) is 24.3 Å². The van der Waals surface area contributed by atoms with E-state index in [9.17, 15) is 82.4 Å². The van der Waals surface area contributed by atoms with Crippen molar-refractivity contribution in [1.29, 1.82) is 0 Å². The van der Waals surface area contributed by atoms with Crippen molar-refractivity contribution in [1.82, 2.24) is 51.5 Å². The maximum Gasteiger partial charge on any atom is 0.326 e. The third-order valence-corrected chi connectivity index (χ3v) is 25.5. The average molecular weight is 1710 g/mol. The van der Waals surface area contributed by atoms with Gasteiger partial charge in [-0.25, -0.2) is 9.59 Å². The van der Waals surface area contributed by atoms with Crippen LogP contribution in [0.3, 0.4) is 0 Å². The first-order chi connectivity index (χ1) is 53.9. The molecule has 3 aliphatic rings. The molecule has 3 saturated heterocycles. The molecule has 114 heavy (non-hydrogen) atoms. The van der Waals surface area contributed by atoms with Crippen molar-refractivity contribution in [3.63, 3.8) is 0 Å². The molecule has 0 spiro atoms. The van der Waals surface area contributed by atoms with Gasteiger partial charge in [0.15, 0.2) is 5.78 Å².